The average Bonchev–Trinajstić information content (AvgIpc) is 2.43. The largest absolute Gasteiger partial charge is 0.478 e. The quantitative estimate of drug-likeness (QED) is 0.598. The number of carbonyl (C=O) groups is 2. The second-order valence-electron chi connectivity index (χ2n) is 4.05. The van der Waals surface area contributed by atoms with Gasteiger partial charge in [-0.1, -0.05) is 0 Å². The van der Waals surface area contributed by atoms with Gasteiger partial charge in [0.25, 0.3) is 5.69 Å². The molecule has 0 heterocycles. The lowest BCUT2D eigenvalue weighted by Crippen LogP contribution is -2.32. The molecule has 20 heavy (non-hydrogen) atoms. The number of carboxylic acid groups (broad SMARTS) is 1. The highest BCUT2D eigenvalue weighted by atomic mass is 16.6. The van der Waals surface area contributed by atoms with Crippen molar-refractivity contribution in [1.29, 1.82) is 0 Å². The van der Waals surface area contributed by atoms with E-state index in [1.165, 1.54) is 17.0 Å². The van der Waals surface area contributed by atoms with Crippen molar-refractivity contribution >= 4 is 23.3 Å². The summed E-state index contributed by atoms with van der Waals surface area (Å²) in [6.45, 7) is 2.27. The summed E-state index contributed by atoms with van der Waals surface area (Å²) in [7, 11) is 1.62. The fourth-order valence-corrected chi connectivity index (χ4v) is 1.46. The molecule has 1 aromatic rings. The highest BCUT2D eigenvalue weighted by Crippen LogP contribution is 2.22. The molecule has 8 heteroatoms. The lowest BCUT2D eigenvalue weighted by atomic mass is 10.1. The van der Waals surface area contributed by atoms with Gasteiger partial charge in [-0.15, -0.1) is 0 Å². The molecule has 0 aliphatic heterocycles. The Morgan fingerprint density at radius 2 is 2.10 bits per heavy atom. The van der Waals surface area contributed by atoms with Gasteiger partial charge in [0.15, 0.2) is 0 Å². The number of carbonyl (C=O) groups excluding carboxylic acids is 1. The van der Waals surface area contributed by atoms with Crippen LogP contribution in [0.5, 0.6) is 0 Å². The Labute approximate surface area is 115 Å². The lowest BCUT2D eigenvalue weighted by molar-refractivity contribution is -0.384. The molecule has 0 unspecified atom stereocenters. The molecule has 0 atom stereocenters. The molecule has 0 fully saturated rings. The van der Waals surface area contributed by atoms with E-state index >= 15 is 0 Å². The number of aromatic carboxylic acids is 1. The fourth-order valence-electron chi connectivity index (χ4n) is 1.46. The minimum atomic E-state index is -1.30. The van der Waals surface area contributed by atoms with E-state index in [1.807, 2.05) is 6.92 Å². The summed E-state index contributed by atoms with van der Waals surface area (Å²) < 4.78 is 0. The molecule has 0 spiro atoms. The summed E-state index contributed by atoms with van der Waals surface area (Å²) in [5.41, 5.74) is -0.392. The average molecular weight is 281 g/mol. The maximum absolute atomic E-state index is 11.6. The Morgan fingerprint density at radius 3 is 2.60 bits per heavy atom. The van der Waals surface area contributed by atoms with Crippen LogP contribution in [0.4, 0.5) is 11.4 Å². The van der Waals surface area contributed by atoms with Gasteiger partial charge in [-0.2, -0.15) is 0 Å². The Bertz CT molecular complexity index is 544. The second kappa shape index (κ2) is 6.50. The first-order chi connectivity index (χ1) is 9.36. The smallest absolute Gasteiger partial charge is 0.338 e. The van der Waals surface area contributed by atoms with E-state index < -0.39 is 10.9 Å². The predicted octanol–water partition coefficient (Wildman–Crippen LogP) is 1.18. The molecule has 0 saturated carbocycles. The Hall–Kier alpha value is -2.64. The molecule has 0 bridgehead atoms. The van der Waals surface area contributed by atoms with Crippen LogP contribution < -0.4 is 5.32 Å². The fraction of sp³-hybridized carbons (Fsp3) is 0.333. The number of benzene rings is 1. The zero-order chi connectivity index (χ0) is 15.3. The molecular weight excluding hydrogens is 266 g/mol. The monoisotopic (exact) mass is 281 g/mol. The van der Waals surface area contributed by atoms with Gasteiger partial charge in [0.1, 0.15) is 0 Å². The summed E-state index contributed by atoms with van der Waals surface area (Å²) in [6, 6.07) is 3.42. The van der Waals surface area contributed by atoms with Gasteiger partial charge >= 0.3 is 5.97 Å². The van der Waals surface area contributed by atoms with Crippen molar-refractivity contribution in [3.05, 3.63) is 33.9 Å². The molecule has 2 N–H and O–H groups in total. The summed E-state index contributed by atoms with van der Waals surface area (Å²) in [5, 5.41) is 22.3. The molecule has 0 aromatic heterocycles. The normalized spacial score (nSPS) is 9.90. The molecule has 1 aromatic carbocycles. The number of anilines is 1. The molecular formula is C12H15N3O5. The Balaban J connectivity index is 2.92. The number of non-ortho nitro benzene ring substituents is 1. The van der Waals surface area contributed by atoms with Gasteiger partial charge in [0.2, 0.25) is 5.91 Å². The van der Waals surface area contributed by atoms with Crippen molar-refractivity contribution in [2.24, 2.45) is 0 Å². The van der Waals surface area contributed by atoms with Crippen molar-refractivity contribution in [2.45, 2.75) is 6.92 Å². The summed E-state index contributed by atoms with van der Waals surface area (Å²) in [4.78, 5) is 34.1. The van der Waals surface area contributed by atoms with E-state index in [0.717, 1.165) is 6.07 Å². The van der Waals surface area contributed by atoms with Gasteiger partial charge < -0.3 is 15.3 Å². The van der Waals surface area contributed by atoms with Crippen molar-refractivity contribution in [3.8, 4) is 0 Å². The van der Waals surface area contributed by atoms with Crippen LogP contribution in [0.25, 0.3) is 0 Å². The Kier molecular flexibility index (Phi) is 5.01. The highest BCUT2D eigenvalue weighted by molar-refractivity contribution is 5.95. The van der Waals surface area contributed by atoms with Gasteiger partial charge in [-0.3, -0.25) is 14.9 Å². The van der Waals surface area contributed by atoms with Crippen molar-refractivity contribution in [2.75, 3.05) is 25.5 Å². The first-order valence-electron chi connectivity index (χ1n) is 5.86. The van der Waals surface area contributed by atoms with E-state index in [4.69, 9.17) is 5.11 Å². The molecule has 0 saturated heterocycles. The second-order valence-corrected chi connectivity index (χ2v) is 4.05. The SMILES string of the molecule is CCN(C)C(=O)CNc1ccc([N+](=O)[O-])cc1C(=O)O. The number of nitrogens with one attached hydrogen (secondary N) is 1. The van der Waals surface area contributed by atoms with Gasteiger partial charge in [0, 0.05) is 31.4 Å². The number of amides is 1. The standard InChI is InChI=1S/C12H15N3O5/c1-3-14(2)11(16)7-13-10-5-4-8(15(19)20)6-9(10)12(17)18/h4-6,13H,3,7H2,1-2H3,(H,17,18). The third-order valence-corrected chi connectivity index (χ3v) is 2.77. The number of nitro groups is 1. The molecule has 1 amide bonds. The van der Waals surface area contributed by atoms with Gasteiger partial charge in [-0.05, 0) is 13.0 Å². The van der Waals surface area contributed by atoms with Crippen LogP contribution in [0.1, 0.15) is 17.3 Å². The van der Waals surface area contributed by atoms with Crippen LogP contribution in [-0.2, 0) is 4.79 Å². The van der Waals surface area contributed by atoms with Crippen LogP contribution in [0, 0.1) is 10.1 Å². The number of nitro benzene ring substituents is 1. The molecule has 0 radical (unpaired) electrons. The summed E-state index contributed by atoms with van der Waals surface area (Å²) in [5.74, 6) is -1.50. The number of hydrogen-bond acceptors (Lipinski definition) is 5. The molecule has 0 aliphatic carbocycles. The van der Waals surface area contributed by atoms with E-state index in [1.54, 1.807) is 7.05 Å². The third kappa shape index (κ3) is 3.67. The predicted molar refractivity (Wildman–Crippen MR) is 71.9 cm³/mol. The van der Waals surface area contributed by atoms with E-state index in [2.05, 4.69) is 5.32 Å². The lowest BCUT2D eigenvalue weighted by Gasteiger charge is -2.16. The van der Waals surface area contributed by atoms with Crippen LogP contribution >= 0.6 is 0 Å². The minimum Gasteiger partial charge on any atom is -0.478 e. The topological polar surface area (TPSA) is 113 Å². The van der Waals surface area contributed by atoms with Gasteiger partial charge in [0.05, 0.1) is 17.0 Å². The highest BCUT2D eigenvalue weighted by Gasteiger charge is 2.16. The molecule has 1 rings (SSSR count). The summed E-state index contributed by atoms with van der Waals surface area (Å²) >= 11 is 0. The van der Waals surface area contributed by atoms with Crippen LogP contribution in [-0.4, -0.2) is 46.9 Å². The van der Waals surface area contributed by atoms with Crippen LogP contribution in [0.2, 0.25) is 0 Å². The van der Waals surface area contributed by atoms with Gasteiger partial charge in [-0.25, -0.2) is 4.79 Å². The Morgan fingerprint density at radius 1 is 1.45 bits per heavy atom. The maximum Gasteiger partial charge on any atom is 0.338 e. The molecule has 108 valence electrons. The minimum absolute atomic E-state index is 0.0809. The summed E-state index contributed by atoms with van der Waals surface area (Å²) in [6.07, 6.45) is 0. The van der Waals surface area contributed by atoms with Crippen molar-refractivity contribution < 1.29 is 19.6 Å². The van der Waals surface area contributed by atoms with Crippen molar-refractivity contribution in [1.82, 2.24) is 4.90 Å². The third-order valence-electron chi connectivity index (χ3n) is 2.77. The zero-order valence-corrected chi connectivity index (χ0v) is 11.1. The zero-order valence-electron chi connectivity index (χ0n) is 11.1. The number of carboxylic acids is 1. The number of likely N-dealkylation sites (N-methyl/N-ethyl adjacent to an activating group) is 1. The molecule has 0 aliphatic rings. The van der Waals surface area contributed by atoms with Crippen LogP contribution in [0.3, 0.4) is 0 Å². The number of rotatable bonds is 6. The first kappa shape index (κ1) is 15.4. The maximum atomic E-state index is 11.6. The molecule has 8 nitrogen and oxygen atoms in total. The van der Waals surface area contributed by atoms with Crippen LogP contribution in [0.15, 0.2) is 18.2 Å². The van der Waals surface area contributed by atoms with E-state index in [-0.39, 0.29) is 29.4 Å². The first-order valence-corrected chi connectivity index (χ1v) is 5.86. The van der Waals surface area contributed by atoms with Crippen molar-refractivity contribution in [3.63, 3.8) is 0 Å². The van der Waals surface area contributed by atoms with E-state index in [0.29, 0.717) is 6.54 Å². The van der Waals surface area contributed by atoms with E-state index in [9.17, 15) is 19.7 Å². The number of nitrogens with zero attached hydrogens (tertiary/aromatic N) is 2. The number of hydrogen-bond donors (Lipinski definition) is 2.